The van der Waals surface area contributed by atoms with Gasteiger partial charge in [0.1, 0.15) is 9.75 Å². The van der Waals surface area contributed by atoms with Gasteiger partial charge in [-0.05, 0) is 138 Å². The second kappa shape index (κ2) is 20.6. The summed E-state index contributed by atoms with van der Waals surface area (Å²) in [6.45, 7) is 4.86. The van der Waals surface area contributed by atoms with Crippen molar-refractivity contribution in [1.29, 1.82) is 0 Å². The van der Waals surface area contributed by atoms with Gasteiger partial charge in [0, 0.05) is 60.7 Å². The second-order valence-corrected chi connectivity index (χ2v) is 19.6. The minimum absolute atomic E-state index is 0.241. The van der Waals surface area contributed by atoms with Gasteiger partial charge >= 0.3 is 0 Å². The molecule has 6 N–H and O–H groups in total. The van der Waals surface area contributed by atoms with Crippen LogP contribution in [0, 0.1) is 13.8 Å². The van der Waals surface area contributed by atoms with Crippen LogP contribution in [-0.2, 0) is 13.1 Å². The molecule has 16 heteroatoms. The Kier molecular flexibility index (Phi) is 13.6. The number of carbonyl (C=O) groups is 2. The normalized spacial score (nSPS) is 12.3. The third-order valence-electron chi connectivity index (χ3n) is 13.2. The van der Waals surface area contributed by atoms with E-state index in [9.17, 15) is 28.8 Å². The van der Waals surface area contributed by atoms with Gasteiger partial charge in [-0.15, -0.1) is 22.7 Å². The fraction of sp³-hybridized carbons (Fsp3) is 0.158. The Morgan fingerprint density at radius 2 is 1.04 bits per heavy atom. The van der Waals surface area contributed by atoms with Crippen LogP contribution in [0.15, 0.2) is 152 Å². The summed E-state index contributed by atoms with van der Waals surface area (Å²) in [6, 6.07) is 34.7. The van der Waals surface area contributed by atoms with Crippen molar-refractivity contribution in [2.45, 2.75) is 52.2 Å². The van der Waals surface area contributed by atoms with Crippen LogP contribution in [0.5, 0.6) is 0 Å². The van der Waals surface area contributed by atoms with Gasteiger partial charge in [-0.2, -0.15) is 0 Å². The SMILES string of the molecule is CNc1c(-c2cc(NC(=O)c3sccc3NCc3ccnc4ccccc34)ccc2C)c(=O)c1=O.Cc1ccc(NC(=O)c2sccc2NCc2ccnc3ccccc23)cc1-c1c(NC2CCC2)c(=O)c1=O. The van der Waals surface area contributed by atoms with Crippen molar-refractivity contribution in [3.05, 3.63) is 205 Å². The highest BCUT2D eigenvalue weighted by molar-refractivity contribution is 7.13. The number of anilines is 6. The molecule has 1 fully saturated rings. The number of aromatic nitrogens is 2. The average Bonchev–Trinajstić information content (AvgIpc) is 4.09. The Morgan fingerprint density at radius 3 is 1.51 bits per heavy atom. The molecule has 1 aliphatic carbocycles. The van der Waals surface area contributed by atoms with Gasteiger partial charge in [-0.3, -0.25) is 38.7 Å². The van der Waals surface area contributed by atoms with E-state index in [2.05, 4.69) is 41.9 Å². The summed E-state index contributed by atoms with van der Waals surface area (Å²) >= 11 is 2.70. The number of benzene rings is 4. The van der Waals surface area contributed by atoms with Crippen molar-refractivity contribution in [3.63, 3.8) is 0 Å². The molecule has 0 aliphatic heterocycles. The highest BCUT2D eigenvalue weighted by atomic mass is 32.1. The van der Waals surface area contributed by atoms with Gasteiger partial charge < -0.3 is 31.9 Å². The molecule has 364 valence electrons. The molecule has 11 rings (SSSR count). The van der Waals surface area contributed by atoms with Gasteiger partial charge in [0.25, 0.3) is 11.8 Å². The summed E-state index contributed by atoms with van der Waals surface area (Å²) in [4.78, 5) is 85.1. The molecular formula is C57H48N8O6S2. The number of pyridine rings is 2. The number of carbonyl (C=O) groups excluding carboxylic acids is 2. The second-order valence-electron chi connectivity index (χ2n) is 17.8. The number of thiophene rings is 2. The van der Waals surface area contributed by atoms with E-state index in [-0.39, 0.29) is 17.9 Å². The summed E-state index contributed by atoms with van der Waals surface area (Å²) in [5, 5.41) is 24.6. The van der Waals surface area contributed by atoms with E-state index in [0.717, 1.165) is 74.7 Å². The van der Waals surface area contributed by atoms with E-state index in [1.165, 1.54) is 22.7 Å². The first-order valence-corrected chi connectivity index (χ1v) is 25.5. The minimum Gasteiger partial charge on any atom is -0.384 e. The molecule has 4 aromatic heterocycles. The summed E-state index contributed by atoms with van der Waals surface area (Å²) in [7, 11) is 1.61. The van der Waals surface area contributed by atoms with Gasteiger partial charge in [-0.1, -0.05) is 48.5 Å². The Hall–Kier alpha value is -8.60. The van der Waals surface area contributed by atoms with Crippen molar-refractivity contribution < 1.29 is 9.59 Å². The highest BCUT2D eigenvalue weighted by Crippen LogP contribution is 2.34. The van der Waals surface area contributed by atoms with Gasteiger partial charge in [0.15, 0.2) is 0 Å². The Bertz CT molecular complexity index is 3880. The van der Waals surface area contributed by atoms with Crippen molar-refractivity contribution in [2.75, 3.05) is 38.9 Å². The highest BCUT2D eigenvalue weighted by Gasteiger charge is 2.28. The topological polar surface area (TPSA) is 200 Å². The lowest BCUT2D eigenvalue weighted by molar-refractivity contribution is 0.102. The molecular weight excluding hydrogens is 957 g/mol. The van der Waals surface area contributed by atoms with Crippen LogP contribution in [0.1, 0.15) is 60.9 Å². The molecule has 0 unspecified atom stereocenters. The molecule has 10 aromatic rings. The lowest BCUT2D eigenvalue weighted by Gasteiger charge is -2.29. The predicted octanol–water partition coefficient (Wildman–Crippen LogP) is 10.5. The van der Waals surface area contributed by atoms with Crippen LogP contribution in [-0.4, -0.2) is 34.9 Å². The van der Waals surface area contributed by atoms with Crippen LogP contribution < -0.4 is 53.6 Å². The van der Waals surface area contributed by atoms with Crippen molar-refractivity contribution >= 4 is 90.4 Å². The first-order valence-electron chi connectivity index (χ1n) is 23.7. The zero-order valence-corrected chi connectivity index (χ0v) is 41.6. The zero-order valence-electron chi connectivity index (χ0n) is 40.0. The molecule has 4 heterocycles. The zero-order chi connectivity index (χ0) is 50.8. The number of para-hydroxylation sites is 2. The molecule has 0 atom stereocenters. The first kappa shape index (κ1) is 48.0. The Morgan fingerprint density at radius 1 is 0.575 bits per heavy atom. The predicted molar refractivity (Wildman–Crippen MR) is 297 cm³/mol. The molecule has 14 nitrogen and oxygen atoms in total. The van der Waals surface area contributed by atoms with Gasteiger partial charge in [-0.25, -0.2) is 0 Å². The first-order chi connectivity index (χ1) is 35.5. The smallest absolute Gasteiger partial charge is 0.267 e. The maximum Gasteiger partial charge on any atom is 0.267 e. The molecule has 73 heavy (non-hydrogen) atoms. The monoisotopic (exact) mass is 1000 g/mol. The van der Waals surface area contributed by atoms with Crippen molar-refractivity contribution in [1.82, 2.24) is 9.97 Å². The van der Waals surface area contributed by atoms with Crippen LogP contribution >= 0.6 is 22.7 Å². The van der Waals surface area contributed by atoms with E-state index < -0.39 is 21.7 Å². The molecule has 6 aromatic carbocycles. The fourth-order valence-corrected chi connectivity index (χ4v) is 10.5. The average molecular weight is 1010 g/mol. The third-order valence-corrected chi connectivity index (χ3v) is 15.0. The molecule has 0 spiro atoms. The summed E-state index contributed by atoms with van der Waals surface area (Å²) in [5.41, 5.74) is 9.14. The largest absolute Gasteiger partial charge is 0.384 e. The van der Waals surface area contributed by atoms with E-state index in [0.29, 0.717) is 67.8 Å². The molecule has 0 saturated heterocycles. The number of aryl methyl sites for hydroxylation is 2. The lowest BCUT2D eigenvalue weighted by Crippen LogP contribution is -2.40. The van der Waals surface area contributed by atoms with E-state index in [1.54, 1.807) is 37.6 Å². The number of nitrogens with zero attached hydrogens (tertiary/aromatic N) is 2. The van der Waals surface area contributed by atoms with Crippen LogP contribution in [0.25, 0.3) is 44.1 Å². The maximum atomic E-state index is 13.2. The number of nitrogens with one attached hydrogen (secondary N) is 6. The molecule has 0 radical (unpaired) electrons. The van der Waals surface area contributed by atoms with Crippen molar-refractivity contribution in [3.8, 4) is 22.3 Å². The van der Waals surface area contributed by atoms with Crippen LogP contribution in [0.2, 0.25) is 0 Å². The molecule has 1 aliphatic rings. The Labute approximate surface area is 426 Å². The quantitative estimate of drug-likeness (QED) is 0.0532. The number of hydrogen-bond acceptors (Lipinski definition) is 14. The number of amides is 2. The van der Waals surface area contributed by atoms with Gasteiger partial charge in [0.2, 0.25) is 21.7 Å². The molecule has 1 saturated carbocycles. The van der Waals surface area contributed by atoms with Crippen LogP contribution in [0.3, 0.4) is 0 Å². The summed E-state index contributed by atoms with van der Waals surface area (Å²) < 4.78 is 0. The van der Waals surface area contributed by atoms with Crippen molar-refractivity contribution in [2.24, 2.45) is 0 Å². The lowest BCUT2D eigenvalue weighted by atomic mass is 9.90. The summed E-state index contributed by atoms with van der Waals surface area (Å²) in [6.07, 6.45) is 6.70. The van der Waals surface area contributed by atoms with E-state index in [4.69, 9.17) is 0 Å². The number of rotatable bonds is 15. The minimum atomic E-state index is -0.521. The van der Waals surface area contributed by atoms with E-state index in [1.807, 2.05) is 116 Å². The fourth-order valence-electron chi connectivity index (χ4n) is 8.99. The number of fused-ring (bicyclic) bond motifs is 2. The van der Waals surface area contributed by atoms with Gasteiger partial charge in [0.05, 0.1) is 44.9 Å². The number of hydrogen-bond donors (Lipinski definition) is 6. The molecule has 0 bridgehead atoms. The standard InChI is InChI=1S/C30H26N4O3S.C27H22N4O3S/c1-17-9-10-20(15-22(17)25-26(28(36)27(25)35)33-19-5-4-6-19)34-30(37)29-24(12-14-38-29)32-16-18-11-13-31-23-8-3-2-7-21(18)23;1-15-7-8-17(13-19(15)22-23(28-2)25(33)24(22)32)31-27(34)26-21(10-12-35-26)30-14-16-9-11-29-20-6-4-3-5-18(16)20/h2-3,7-15,19,32-33H,4-6,16H2,1H3,(H,34,37);3-13,28,30H,14H2,1-2H3,(H,31,34). The summed E-state index contributed by atoms with van der Waals surface area (Å²) in [5.74, 6) is -0.495. The third kappa shape index (κ3) is 9.65. The maximum absolute atomic E-state index is 13.2. The van der Waals surface area contributed by atoms with Crippen LogP contribution in [0.4, 0.5) is 34.1 Å². The Balaban J connectivity index is 0.000000168. The molecule has 2 amide bonds. The van der Waals surface area contributed by atoms with E-state index >= 15 is 0 Å².